The number of thioether (sulfide) groups is 1. The number of benzene rings is 1. The van der Waals surface area contributed by atoms with Gasteiger partial charge in [0.15, 0.2) is 5.82 Å². The quantitative estimate of drug-likeness (QED) is 0.420. The van der Waals surface area contributed by atoms with Gasteiger partial charge >= 0.3 is 0 Å². The van der Waals surface area contributed by atoms with Crippen molar-refractivity contribution in [1.29, 1.82) is 0 Å². The molecule has 0 aliphatic heterocycles. The number of thiophene rings is 1. The van der Waals surface area contributed by atoms with E-state index < -0.39 is 0 Å². The average molecular weight is 454 g/mol. The van der Waals surface area contributed by atoms with Crippen molar-refractivity contribution < 1.29 is 4.74 Å². The topological polar surface area (TPSA) is 96.6 Å². The van der Waals surface area contributed by atoms with Gasteiger partial charge in [-0.2, -0.15) is 0 Å². The fraction of sp³-hybridized carbons (Fsp3) is 0.364. The van der Waals surface area contributed by atoms with E-state index >= 15 is 0 Å². The number of aromatic amines is 2. The predicted octanol–water partition coefficient (Wildman–Crippen LogP) is 4.41. The van der Waals surface area contributed by atoms with Gasteiger partial charge in [-0.05, 0) is 49.8 Å². The van der Waals surface area contributed by atoms with Crippen LogP contribution in [0, 0.1) is 12.8 Å². The standard InChI is InChI=1S/C22H23N5O2S2/c1-12-3-6-14(7-4-12)29-10-17-25-22(27-26-17)30-11-18-23-20(28)19-15-8-5-13(2)9-16(15)31-21(19)24-18/h3-4,6-7,13H,5,8-11H2,1-2H3,(H,23,24,28)(H,25,26,27)/t13-/m1/s1. The molecule has 0 radical (unpaired) electrons. The summed E-state index contributed by atoms with van der Waals surface area (Å²) >= 11 is 3.10. The molecule has 9 heteroatoms. The molecule has 160 valence electrons. The van der Waals surface area contributed by atoms with Gasteiger partial charge in [0.2, 0.25) is 5.16 Å². The zero-order chi connectivity index (χ0) is 21.4. The number of hydrogen-bond acceptors (Lipinski definition) is 7. The van der Waals surface area contributed by atoms with E-state index in [4.69, 9.17) is 9.72 Å². The third-order valence-electron chi connectivity index (χ3n) is 5.46. The number of hydrogen-bond donors (Lipinski definition) is 2. The summed E-state index contributed by atoms with van der Waals surface area (Å²) in [6.45, 7) is 4.62. The molecule has 0 bridgehead atoms. The van der Waals surface area contributed by atoms with Crippen molar-refractivity contribution in [3.8, 4) is 5.75 Å². The number of ether oxygens (including phenoxy) is 1. The van der Waals surface area contributed by atoms with E-state index in [1.807, 2.05) is 31.2 Å². The minimum atomic E-state index is -0.0326. The lowest BCUT2D eigenvalue weighted by Gasteiger charge is -2.17. The monoisotopic (exact) mass is 453 g/mol. The van der Waals surface area contributed by atoms with Gasteiger partial charge in [0, 0.05) is 4.88 Å². The van der Waals surface area contributed by atoms with Crippen molar-refractivity contribution in [3.05, 3.63) is 62.3 Å². The van der Waals surface area contributed by atoms with Crippen LogP contribution in [0.25, 0.3) is 10.2 Å². The van der Waals surface area contributed by atoms with Crippen LogP contribution in [0.1, 0.15) is 41.0 Å². The van der Waals surface area contributed by atoms with Gasteiger partial charge in [0.05, 0.1) is 11.1 Å². The Morgan fingerprint density at radius 2 is 2.06 bits per heavy atom. The summed E-state index contributed by atoms with van der Waals surface area (Å²) in [6, 6.07) is 7.88. The minimum Gasteiger partial charge on any atom is -0.486 e. The molecule has 7 nitrogen and oxygen atoms in total. The predicted molar refractivity (Wildman–Crippen MR) is 123 cm³/mol. The van der Waals surface area contributed by atoms with Gasteiger partial charge in [-0.3, -0.25) is 9.89 Å². The van der Waals surface area contributed by atoms with Crippen LogP contribution in [0.3, 0.4) is 0 Å². The van der Waals surface area contributed by atoms with Crippen molar-refractivity contribution in [3.63, 3.8) is 0 Å². The highest BCUT2D eigenvalue weighted by Crippen LogP contribution is 2.35. The summed E-state index contributed by atoms with van der Waals surface area (Å²) in [5.74, 6) is 3.26. The Hall–Kier alpha value is -2.65. The van der Waals surface area contributed by atoms with Gasteiger partial charge < -0.3 is 9.72 Å². The Labute approximate surface area is 187 Å². The van der Waals surface area contributed by atoms with E-state index in [0.717, 1.165) is 35.2 Å². The number of aromatic nitrogens is 5. The molecule has 4 aromatic rings. The molecule has 5 rings (SSSR count). The molecular weight excluding hydrogens is 430 g/mol. The third-order valence-corrected chi connectivity index (χ3v) is 7.47. The highest BCUT2D eigenvalue weighted by molar-refractivity contribution is 7.98. The number of nitrogens with one attached hydrogen (secondary N) is 2. The second-order valence-electron chi connectivity index (χ2n) is 8.00. The van der Waals surface area contributed by atoms with Crippen LogP contribution >= 0.6 is 23.1 Å². The van der Waals surface area contributed by atoms with Crippen LogP contribution in [0.5, 0.6) is 5.75 Å². The molecule has 1 aliphatic carbocycles. The summed E-state index contributed by atoms with van der Waals surface area (Å²) in [7, 11) is 0. The second-order valence-corrected chi connectivity index (χ2v) is 10.0. The maximum atomic E-state index is 12.7. The molecule has 2 N–H and O–H groups in total. The Morgan fingerprint density at radius 1 is 1.23 bits per heavy atom. The van der Waals surface area contributed by atoms with Crippen LogP contribution in [-0.2, 0) is 25.2 Å². The Morgan fingerprint density at radius 3 is 2.90 bits per heavy atom. The first kappa shape index (κ1) is 20.3. The highest BCUT2D eigenvalue weighted by atomic mass is 32.2. The second kappa shape index (κ2) is 8.47. The third kappa shape index (κ3) is 4.38. The van der Waals surface area contributed by atoms with Gasteiger partial charge in [0.25, 0.3) is 5.56 Å². The SMILES string of the molecule is Cc1ccc(OCc2nc(SCc3nc4sc5c(c4c(=O)[nH]3)CC[C@@H](C)C5)n[nH]2)cc1. The first-order chi connectivity index (χ1) is 15.0. The van der Waals surface area contributed by atoms with E-state index in [9.17, 15) is 4.79 Å². The van der Waals surface area contributed by atoms with Crippen LogP contribution in [0.15, 0.2) is 34.2 Å². The molecule has 1 aromatic carbocycles. The van der Waals surface area contributed by atoms with E-state index in [0.29, 0.717) is 35.1 Å². The van der Waals surface area contributed by atoms with E-state index in [1.54, 1.807) is 11.3 Å². The number of aryl methyl sites for hydroxylation is 2. The minimum absolute atomic E-state index is 0.0326. The molecule has 0 unspecified atom stereocenters. The number of H-pyrrole nitrogens is 2. The molecule has 0 spiro atoms. The zero-order valence-corrected chi connectivity index (χ0v) is 19.0. The van der Waals surface area contributed by atoms with Crippen molar-refractivity contribution in [2.24, 2.45) is 5.92 Å². The summed E-state index contributed by atoms with van der Waals surface area (Å²) in [4.78, 5) is 27.0. The van der Waals surface area contributed by atoms with Crippen molar-refractivity contribution >= 4 is 33.3 Å². The van der Waals surface area contributed by atoms with Crippen LogP contribution < -0.4 is 10.3 Å². The maximum Gasteiger partial charge on any atom is 0.259 e. The molecule has 1 aliphatic rings. The molecule has 0 saturated carbocycles. The number of nitrogens with zero attached hydrogens (tertiary/aromatic N) is 3. The van der Waals surface area contributed by atoms with Crippen LogP contribution in [0.2, 0.25) is 0 Å². The Kier molecular flexibility index (Phi) is 5.54. The lowest BCUT2D eigenvalue weighted by molar-refractivity contribution is 0.296. The van der Waals surface area contributed by atoms with Crippen LogP contribution in [0.4, 0.5) is 0 Å². The first-order valence-electron chi connectivity index (χ1n) is 10.3. The van der Waals surface area contributed by atoms with E-state index in [1.165, 1.54) is 27.8 Å². The summed E-state index contributed by atoms with van der Waals surface area (Å²) in [6.07, 6.45) is 3.15. The van der Waals surface area contributed by atoms with Crippen LogP contribution in [-0.4, -0.2) is 25.1 Å². The van der Waals surface area contributed by atoms with Crippen molar-refractivity contribution in [2.45, 2.75) is 50.6 Å². The Bertz CT molecular complexity index is 1280. The fourth-order valence-corrected chi connectivity index (χ4v) is 5.88. The largest absolute Gasteiger partial charge is 0.486 e. The zero-order valence-electron chi connectivity index (χ0n) is 17.4. The van der Waals surface area contributed by atoms with Gasteiger partial charge in [0.1, 0.15) is 23.0 Å². The van der Waals surface area contributed by atoms with E-state index in [-0.39, 0.29) is 5.56 Å². The molecule has 0 saturated heterocycles. The molecule has 31 heavy (non-hydrogen) atoms. The summed E-state index contributed by atoms with van der Waals surface area (Å²) in [5.41, 5.74) is 2.36. The molecule has 3 heterocycles. The lowest BCUT2D eigenvalue weighted by atomic mass is 9.89. The highest BCUT2D eigenvalue weighted by Gasteiger charge is 2.23. The molecule has 0 fully saturated rings. The van der Waals surface area contributed by atoms with E-state index in [2.05, 4.69) is 27.1 Å². The normalized spacial score (nSPS) is 15.9. The first-order valence-corrected chi connectivity index (χ1v) is 12.1. The smallest absolute Gasteiger partial charge is 0.259 e. The van der Waals surface area contributed by atoms with Crippen molar-refractivity contribution in [1.82, 2.24) is 25.1 Å². The van der Waals surface area contributed by atoms with Gasteiger partial charge in [-0.25, -0.2) is 9.97 Å². The average Bonchev–Trinajstić information content (AvgIpc) is 3.35. The fourth-order valence-electron chi connectivity index (χ4n) is 3.79. The van der Waals surface area contributed by atoms with Crippen molar-refractivity contribution in [2.75, 3.05) is 0 Å². The summed E-state index contributed by atoms with van der Waals surface area (Å²) in [5, 5.41) is 8.53. The number of rotatable bonds is 6. The molecule has 1 atom stereocenters. The maximum absolute atomic E-state index is 12.7. The lowest BCUT2D eigenvalue weighted by Crippen LogP contribution is -2.14. The number of fused-ring (bicyclic) bond motifs is 3. The molecule has 3 aromatic heterocycles. The van der Waals surface area contributed by atoms with Gasteiger partial charge in [-0.15, -0.1) is 16.4 Å². The van der Waals surface area contributed by atoms with Gasteiger partial charge in [-0.1, -0.05) is 36.4 Å². The summed E-state index contributed by atoms with van der Waals surface area (Å²) < 4.78 is 5.73. The molecule has 0 amide bonds. The Balaban J connectivity index is 1.25. The molecular formula is C22H23N5O2S2.